The van der Waals surface area contributed by atoms with Gasteiger partial charge in [-0.15, -0.1) is 0 Å². The maximum Gasteiger partial charge on any atom is 0.329 e. The van der Waals surface area contributed by atoms with E-state index in [-0.39, 0.29) is 5.91 Å². The van der Waals surface area contributed by atoms with Crippen LogP contribution in [0.25, 0.3) is 0 Å². The van der Waals surface area contributed by atoms with Crippen molar-refractivity contribution in [3.8, 4) is 0 Å². The minimum atomic E-state index is -0.587. The normalized spacial score (nSPS) is 28.6. The Morgan fingerprint density at radius 1 is 1.57 bits per heavy atom. The number of nitrogens with two attached hydrogens (primary N) is 1. The summed E-state index contributed by atoms with van der Waals surface area (Å²) in [4.78, 5) is 22.5. The van der Waals surface area contributed by atoms with Gasteiger partial charge >= 0.3 is 5.97 Å². The summed E-state index contributed by atoms with van der Waals surface area (Å²) < 4.78 is 4.55. The summed E-state index contributed by atoms with van der Waals surface area (Å²) in [6.45, 7) is 0. The molecule has 1 amide bonds. The van der Waals surface area contributed by atoms with Crippen LogP contribution < -0.4 is 11.1 Å². The molecule has 2 atom stereocenters. The van der Waals surface area contributed by atoms with E-state index in [1.807, 2.05) is 0 Å². The highest BCUT2D eigenvalue weighted by Crippen LogP contribution is 2.24. The Bertz CT molecular complexity index is 237. The Labute approximate surface area is 89.9 Å². The standard InChI is InChI=1S/C7H12N2O3S2/c1-12-7(11)5-3-14-13-2-4(8)6(10)9-5/h4-5H,2-3,8H2,1H3,(H,9,10)/t4-,5-/m0/s1. The maximum atomic E-state index is 11.3. The van der Waals surface area contributed by atoms with Crippen molar-refractivity contribution in [2.75, 3.05) is 18.6 Å². The zero-order valence-corrected chi connectivity index (χ0v) is 9.32. The molecule has 0 aromatic carbocycles. The Balaban J connectivity index is 2.59. The number of carbonyl (C=O) groups excluding carboxylic acids is 2. The maximum absolute atomic E-state index is 11.3. The molecule has 80 valence electrons. The quantitative estimate of drug-likeness (QED) is 0.466. The zero-order valence-electron chi connectivity index (χ0n) is 7.69. The van der Waals surface area contributed by atoms with Gasteiger partial charge in [0, 0.05) is 11.5 Å². The summed E-state index contributed by atoms with van der Waals surface area (Å²) in [6.07, 6.45) is 0. The molecule has 0 spiro atoms. The molecule has 1 heterocycles. The first-order chi connectivity index (χ1) is 6.65. The number of amides is 1. The molecular formula is C7H12N2O3S2. The van der Waals surface area contributed by atoms with Gasteiger partial charge in [0.05, 0.1) is 13.2 Å². The number of hydrogen-bond acceptors (Lipinski definition) is 6. The highest BCUT2D eigenvalue weighted by molar-refractivity contribution is 8.76. The smallest absolute Gasteiger partial charge is 0.329 e. The fraction of sp³-hybridized carbons (Fsp3) is 0.714. The molecule has 0 radical (unpaired) electrons. The van der Waals surface area contributed by atoms with Crippen LogP contribution in [0.5, 0.6) is 0 Å². The molecule has 1 fully saturated rings. The van der Waals surface area contributed by atoms with Crippen molar-refractivity contribution in [2.45, 2.75) is 12.1 Å². The van der Waals surface area contributed by atoms with Crippen LogP contribution in [0.4, 0.5) is 0 Å². The van der Waals surface area contributed by atoms with Crippen molar-refractivity contribution in [2.24, 2.45) is 5.73 Å². The molecule has 1 aliphatic heterocycles. The third-order valence-electron chi connectivity index (χ3n) is 1.70. The van der Waals surface area contributed by atoms with Gasteiger partial charge in [-0.1, -0.05) is 21.6 Å². The molecule has 1 rings (SSSR count). The van der Waals surface area contributed by atoms with Crippen molar-refractivity contribution >= 4 is 33.5 Å². The largest absolute Gasteiger partial charge is 0.467 e. The second-order valence-corrected chi connectivity index (χ2v) is 5.31. The van der Waals surface area contributed by atoms with Crippen LogP contribution in [0.3, 0.4) is 0 Å². The monoisotopic (exact) mass is 236 g/mol. The number of ether oxygens (including phenoxy) is 1. The van der Waals surface area contributed by atoms with E-state index in [1.165, 1.54) is 28.7 Å². The summed E-state index contributed by atoms with van der Waals surface area (Å²) in [5, 5.41) is 2.55. The van der Waals surface area contributed by atoms with Crippen molar-refractivity contribution in [1.82, 2.24) is 5.32 Å². The Morgan fingerprint density at radius 3 is 2.86 bits per heavy atom. The van der Waals surface area contributed by atoms with E-state index in [0.29, 0.717) is 11.5 Å². The van der Waals surface area contributed by atoms with Crippen LogP contribution in [-0.2, 0) is 14.3 Å². The zero-order chi connectivity index (χ0) is 10.6. The van der Waals surface area contributed by atoms with Gasteiger partial charge in [0.25, 0.3) is 0 Å². The van der Waals surface area contributed by atoms with Crippen molar-refractivity contribution < 1.29 is 14.3 Å². The Hall–Kier alpha value is -0.400. The predicted molar refractivity (Wildman–Crippen MR) is 56.8 cm³/mol. The van der Waals surface area contributed by atoms with Gasteiger partial charge in [-0.2, -0.15) is 0 Å². The van der Waals surface area contributed by atoms with Crippen molar-refractivity contribution in [3.05, 3.63) is 0 Å². The van der Waals surface area contributed by atoms with Gasteiger partial charge in [0.2, 0.25) is 5.91 Å². The van der Waals surface area contributed by atoms with Crippen LogP contribution in [0, 0.1) is 0 Å². The molecule has 1 saturated heterocycles. The first kappa shape index (κ1) is 11.7. The number of rotatable bonds is 1. The summed E-state index contributed by atoms with van der Waals surface area (Å²) >= 11 is 0. The van der Waals surface area contributed by atoms with Gasteiger partial charge in [0.15, 0.2) is 0 Å². The number of carbonyl (C=O) groups is 2. The average molecular weight is 236 g/mol. The lowest BCUT2D eigenvalue weighted by Gasteiger charge is -2.21. The molecule has 0 unspecified atom stereocenters. The van der Waals surface area contributed by atoms with Crippen LogP contribution in [0.1, 0.15) is 0 Å². The molecule has 0 aromatic heterocycles. The third kappa shape index (κ3) is 3.07. The van der Waals surface area contributed by atoms with E-state index in [4.69, 9.17) is 5.73 Å². The van der Waals surface area contributed by atoms with Crippen LogP contribution in [-0.4, -0.2) is 42.6 Å². The number of esters is 1. The molecule has 5 nitrogen and oxygen atoms in total. The highest BCUT2D eigenvalue weighted by atomic mass is 33.1. The fourth-order valence-corrected chi connectivity index (χ4v) is 3.17. The van der Waals surface area contributed by atoms with E-state index in [2.05, 4.69) is 10.1 Å². The average Bonchev–Trinajstić information content (AvgIpc) is 2.18. The van der Waals surface area contributed by atoms with E-state index in [1.54, 1.807) is 0 Å². The lowest BCUT2D eigenvalue weighted by molar-refractivity contribution is -0.144. The topological polar surface area (TPSA) is 81.4 Å². The summed E-state index contributed by atoms with van der Waals surface area (Å²) in [5.74, 6) is 0.342. The minimum Gasteiger partial charge on any atom is -0.467 e. The van der Waals surface area contributed by atoms with E-state index in [0.717, 1.165) is 0 Å². The summed E-state index contributed by atoms with van der Waals surface area (Å²) in [5.41, 5.74) is 5.55. The van der Waals surface area contributed by atoms with Crippen molar-refractivity contribution in [1.29, 1.82) is 0 Å². The number of hydrogen-bond donors (Lipinski definition) is 2. The van der Waals surface area contributed by atoms with E-state index < -0.39 is 18.1 Å². The van der Waals surface area contributed by atoms with E-state index in [9.17, 15) is 9.59 Å². The summed E-state index contributed by atoms with van der Waals surface area (Å²) in [7, 11) is 4.30. The molecule has 0 bridgehead atoms. The lowest BCUT2D eigenvalue weighted by Crippen LogP contribution is -2.51. The molecule has 14 heavy (non-hydrogen) atoms. The second-order valence-electron chi connectivity index (χ2n) is 2.76. The van der Waals surface area contributed by atoms with Gasteiger partial charge in [-0.3, -0.25) is 4.79 Å². The van der Waals surface area contributed by atoms with Crippen molar-refractivity contribution in [3.63, 3.8) is 0 Å². The van der Waals surface area contributed by atoms with Gasteiger partial charge < -0.3 is 15.8 Å². The number of methoxy groups -OCH3 is 1. The first-order valence-corrected chi connectivity index (χ1v) is 6.52. The molecule has 3 N–H and O–H groups in total. The van der Waals surface area contributed by atoms with Gasteiger partial charge in [0.1, 0.15) is 6.04 Å². The van der Waals surface area contributed by atoms with Crippen LogP contribution >= 0.6 is 21.6 Å². The lowest BCUT2D eigenvalue weighted by atomic mass is 10.3. The van der Waals surface area contributed by atoms with Crippen LogP contribution in [0.2, 0.25) is 0 Å². The second kappa shape index (κ2) is 5.47. The highest BCUT2D eigenvalue weighted by Gasteiger charge is 2.26. The van der Waals surface area contributed by atoms with E-state index >= 15 is 0 Å². The Kier molecular flexibility index (Phi) is 4.56. The van der Waals surface area contributed by atoms with Crippen LogP contribution in [0.15, 0.2) is 0 Å². The molecule has 0 aromatic rings. The number of nitrogens with one attached hydrogen (secondary N) is 1. The molecular weight excluding hydrogens is 224 g/mol. The fourth-order valence-electron chi connectivity index (χ4n) is 0.903. The van der Waals surface area contributed by atoms with Gasteiger partial charge in [-0.25, -0.2) is 4.79 Å². The SMILES string of the molecule is COC(=O)[C@@H]1CSSC[C@H](N)C(=O)N1. The Morgan fingerprint density at radius 2 is 2.21 bits per heavy atom. The summed E-state index contributed by atoms with van der Waals surface area (Å²) in [6, 6.07) is -1.14. The first-order valence-electron chi connectivity index (χ1n) is 4.03. The molecule has 7 heteroatoms. The molecule has 0 saturated carbocycles. The predicted octanol–water partition coefficient (Wildman–Crippen LogP) is -0.634. The third-order valence-corrected chi connectivity index (χ3v) is 4.15. The minimum absolute atomic E-state index is 0.298. The molecule has 1 aliphatic rings. The van der Waals surface area contributed by atoms with Gasteiger partial charge in [-0.05, 0) is 0 Å². The molecule has 0 aliphatic carbocycles.